The van der Waals surface area contributed by atoms with Crippen LogP contribution >= 0.6 is 0 Å². The van der Waals surface area contributed by atoms with Gasteiger partial charge in [0, 0.05) is 6.04 Å². The molecule has 1 unspecified atom stereocenters. The minimum absolute atomic E-state index is 0.426. The Balaban J connectivity index is 3.12. The van der Waals surface area contributed by atoms with Crippen LogP contribution in [-0.2, 0) is 0 Å². The van der Waals surface area contributed by atoms with Crippen molar-refractivity contribution >= 4 is 0 Å². The highest BCUT2D eigenvalue weighted by molar-refractivity contribution is 4.63. The monoisotopic (exact) mass is 537 g/mol. The summed E-state index contributed by atoms with van der Waals surface area (Å²) in [6.45, 7) is 6.96. The minimum atomic E-state index is 0.426. The minimum Gasteiger partial charge on any atom is -0.328 e. The lowest BCUT2D eigenvalue weighted by atomic mass is 10.0. The van der Waals surface area contributed by atoms with Gasteiger partial charge in [0.1, 0.15) is 0 Å². The maximum absolute atomic E-state index is 6.36. The van der Waals surface area contributed by atoms with Gasteiger partial charge in [-0.25, -0.2) is 0 Å². The van der Waals surface area contributed by atoms with E-state index in [0.29, 0.717) is 6.04 Å². The number of unbranched alkanes of at least 4 members (excludes halogenated alkanes) is 26. The first kappa shape index (κ1) is 37.9. The lowest BCUT2D eigenvalue weighted by Gasteiger charge is -2.12. The summed E-state index contributed by atoms with van der Waals surface area (Å²) >= 11 is 0. The molecule has 2 heteroatoms. The van der Waals surface area contributed by atoms with Crippen molar-refractivity contribution in [2.24, 2.45) is 5.73 Å². The van der Waals surface area contributed by atoms with Crippen LogP contribution in [0.15, 0.2) is 0 Å². The molecule has 1 atom stereocenters. The van der Waals surface area contributed by atoms with Gasteiger partial charge in [0.15, 0.2) is 0 Å². The highest BCUT2D eigenvalue weighted by atomic mass is 14.8. The van der Waals surface area contributed by atoms with Crippen LogP contribution in [0.5, 0.6) is 0 Å². The Kier molecular flexibility index (Phi) is 34.9. The van der Waals surface area contributed by atoms with E-state index >= 15 is 0 Å². The molecule has 0 aromatic heterocycles. The SMILES string of the molecule is CCCCCCCCCCCCCCCCCCNCCCC(N)CCCCCCCCCCCCCC. The van der Waals surface area contributed by atoms with E-state index in [2.05, 4.69) is 19.2 Å². The lowest BCUT2D eigenvalue weighted by Crippen LogP contribution is -2.23. The number of rotatable bonds is 34. The zero-order valence-electron chi connectivity index (χ0n) is 27.0. The third-order valence-electron chi connectivity index (χ3n) is 8.56. The second kappa shape index (κ2) is 34.9. The third-order valence-corrected chi connectivity index (χ3v) is 8.56. The summed E-state index contributed by atoms with van der Waals surface area (Å²) in [4.78, 5) is 0. The van der Waals surface area contributed by atoms with Gasteiger partial charge in [0.2, 0.25) is 0 Å². The van der Waals surface area contributed by atoms with Crippen molar-refractivity contribution in [3.05, 3.63) is 0 Å². The fourth-order valence-corrected chi connectivity index (χ4v) is 5.80. The Morgan fingerprint density at radius 1 is 0.342 bits per heavy atom. The molecule has 0 aliphatic carbocycles. The summed E-state index contributed by atoms with van der Waals surface area (Å²) in [7, 11) is 0. The van der Waals surface area contributed by atoms with Crippen LogP contribution in [-0.4, -0.2) is 19.1 Å². The third kappa shape index (κ3) is 33.9. The van der Waals surface area contributed by atoms with E-state index in [1.165, 1.54) is 206 Å². The molecule has 0 saturated carbocycles. The van der Waals surface area contributed by atoms with Gasteiger partial charge in [-0.15, -0.1) is 0 Å². The normalized spacial score (nSPS) is 12.4. The van der Waals surface area contributed by atoms with Gasteiger partial charge in [-0.1, -0.05) is 187 Å². The largest absolute Gasteiger partial charge is 0.328 e. The first-order valence-corrected chi connectivity index (χ1v) is 18.3. The van der Waals surface area contributed by atoms with Crippen LogP contribution in [0.25, 0.3) is 0 Å². The van der Waals surface area contributed by atoms with E-state index < -0.39 is 0 Å². The van der Waals surface area contributed by atoms with E-state index in [1.54, 1.807) is 0 Å². The summed E-state index contributed by atoms with van der Waals surface area (Å²) in [6.07, 6.45) is 43.9. The molecule has 0 spiro atoms. The second-order valence-corrected chi connectivity index (χ2v) is 12.6. The molecule has 0 saturated heterocycles. The fourth-order valence-electron chi connectivity index (χ4n) is 5.80. The Bertz CT molecular complexity index is 397. The summed E-state index contributed by atoms with van der Waals surface area (Å²) < 4.78 is 0. The van der Waals surface area contributed by atoms with Gasteiger partial charge in [0.05, 0.1) is 0 Å². The van der Waals surface area contributed by atoms with Crippen LogP contribution in [0.1, 0.15) is 213 Å². The molecule has 0 aliphatic heterocycles. The van der Waals surface area contributed by atoms with Crippen molar-refractivity contribution in [3.8, 4) is 0 Å². The summed E-state index contributed by atoms with van der Waals surface area (Å²) in [5, 5.41) is 3.65. The molecule has 38 heavy (non-hydrogen) atoms. The molecule has 0 aliphatic rings. The van der Waals surface area contributed by atoms with Crippen LogP contribution in [0.2, 0.25) is 0 Å². The highest BCUT2D eigenvalue weighted by Crippen LogP contribution is 2.15. The molecule has 0 amide bonds. The molecule has 0 fully saturated rings. The Morgan fingerprint density at radius 2 is 0.605 bits per heavy atom. The van der Waals surface area contributed by atoms with E-state index in [0.717, 1.165) is 6.54 Å². The van der Waals surface area contributed by atoms with Crippen LogP contribution in [0.3, 0.4) is 0 Å². The summed E-state index contributed by atoms with van der Waals surface area (Å²) in [6, 6.07) is 0.426. The van der Waals surface area contributed by atoms with E-state index in [9.17, 15) is 0 Å². The molecule has 0 radical (unpaired) electrons. The van der Waals surface area contributed by atoms with Crippen molar-refractivity contribution < 1.29 is 0 Å². The number of nitrogens with one attached hydrogen (secondary N) is 1. The average molecular weight is 537 g/mol. The highest BCUT2D eigenvalue weighted by Gasteiger charge is 2.02. The molecular weight excluding hydrogens is 460 g/mol. The van der Waals surface area contributed by atoms with Crippen molar-refractivity contribution in [2.75, 3.05) is 13.1 Å². The van der Waals surface area contributed by atoms with Crippen molar-refractivity contribution in [1.82, 2.24) is 5.32 Å². The topological polar surface area (TPSA) is 38.0 Å². The Labute approximate surface area is 242 Å². The Hall–Kier alpha value is -0.0800. The molecule has 230 valence electrons. The molecule has 3 N–H and O–H groups in total. The number of hydrogen-bond donors (Lipinski definition) is 2. The van der Waals surface area contributed by atoms with Crippen molar-refractivity contribution in [1.29, 1.82) is 0 Å². The zero-order valence-corrected chi connectivity index (χ0v) is 27.0. The zero-order chi connectivity index (χ0) is 27.6. The first-order chi connectivity index (χ1) is 18.8. The predicted octanol–water partition coefficient (Wildman–Crippen LogP) is 12.0. The van der Waals surface area contributed by atoms with Gasteiger partial charge < -0.3 is 11.1 Å². The van der Waals surface area contributed by atoms with E-state index in [-0.39, 0.29) is 0 Å². The van der Waals surface area contributed by atoms with E-state index in [4.69, 9.17) is 5.73 Å². The van der Waals surface area contributed by atoms with Crippen LogP contribution in [0, 0.1) is 0 Å². The lowest BCUT2D eigenvalue weighted by molar-refractivity contribution is 0.482. The summed E-state index contributed by atoms with van der Waals surface area (Å²) in [5.41, 5.74) is 6.36. The van der Waals surface area contributed by atoms with Gasteiger partial charge in [-0.3, -0.25) is 0 Å². The number of hydrogen-bond acceptors (Lipinski definition) is 2. The average Bonchev–Trinajstić information content (AvgIpc) is 2.92. The van der Waals surface area contributed by atoms with Gasteiger partial charge in [-0.05, 0) is 38.8 Å². The number of nitrogens with two attached hydrogens (primary N) is 1. The van der Waals surface area contributed by atoms with Gasteiger partial charge >= 0.3 is 0 Å². The van der Waals surface area contributed by atoms with Crippen molar-refractivity contribution in [2.45, 2.75) is 219 Å². The first-order valence-electron chi connectivity index (χ1n) is 18.3. The standard InChI is InChI=1S/C36H76N2/c1-3-5-7-9-11-13-15-17-18-19-20-22-24-26-28-30-34-38-35-31-33-36(37)32-29-27-25-23-21-16-14-12-10-8-6-4-2/h36,38H,3-35,37H2,1-2H3. The molecule has 0 rings (SSSR count). The van der Waals surface area contributed by atoms with Gasteiger partial charge in [-0.2, -0.15) is 0 Å². The van der Waals surface area contributed by atoms with Gasteiger partial charge in [0.25, 0.3) is 0 Å². The Morgan fingerprint density at radius 3 is 0.974 bits per heavy atom. The molecule has 2 nitrogen and oxygen atoms in total. The van der Waals surface area contributed by atoms with Crippen LogP contribution in [0.4, 0.5) is 0 Å². The van der Waals surface area contributed by atoms with E-state index in [1.807, 2.05) is 0 Å². The maximum Gasteiger partial charge on any atom is 0.00393 e. The molecular formula is C36H76N2. The maximum atomic E-state index is 6.36. The second-order valence-electron chi connectivity index (χ2n) is 12.6. The molecule has 0 heterocycles. The fraction of sp³-hybridized carbons (Fsp3) is 1.00. The quantitative estimate of drug-likeness (QED) is 0.0802. The predicted molar refractivity (Wildman–Crippen MR) is 175 cm³/mol. The van der Waals surface area contributed by atoms with Crippen molar-refractivity contribution in [3.63, 3.8) is 0 Å². The molecule has 0 aromatic carbocycles. The smallest absolute Gasteiger partial charge is 0.00393 e. The van der Waals surface area contributed by atoms with Crippen LogP contribution < -0.4 is 11.1 Å². The molecule has 0 bridgehead atoms. The summed E-state index contributed by atoms with van der Waals surface area (Å²) in [5.74, 6) is 0. The molecule has 0 aromatic rings.